The summed E-state index contributed by atoms with van der Waals surface area (Å²) in [6.07, 6.45) is 10.2. The summed E-state index contributed by atoms with van der Waals surface area (Å²) in [5.41, 5.74) is 0. The van der Waals surface area contributed by atoms with Gasteiger partial charge < -0.3 is 10.6 Å². The highest BCUT2D eigenvalue weighted by molar-refractivity contribution is 5.79. The number of likely N-dealkylation sites (tertiary alicyclic amines) is 1. The number of nitrogens with one attached hydrogen (secondary N) is 2. The minimum Gasteiger partial charge on any atom is -0.356 e. The summed E-state index contributed by atoms with van der Waals surface area (Å²) in [5.74, 6) is 0.899. The van der Waals surface area contributed by atoms with Crippen LogP contribution in [0.5, 0.6) is 0 Å². The third-order valence-corrected chi connectivity index (χ3v) is 4.55. The largest absolute Gasteiger partial charge is 0.356 e. The lowest BCUT2D eigenvalue weighted by molar-refractivity contribution is 0.147. The summed E-state index contributed by atoms with van der Waals surface area (Å²) in [5, 5.41) is 11.0. The lowest BCUT2D eigenvalue weighted by Crippen LogP contribution is -2.46. The molecule has 6 nitrogen and oxygen atoms in total. The highest BCUT2D eigenvalue weighted by atomic mass is 15.3. The summed E-state index contributed by atoms with van der Waals surface area (Å²) in [6.45, 7) is 7.44. The number of aromatic nitrogens is 2. The number of piperidine rings is 1. The maximum Gasteiger partial charge on any atom is 0.191 e. The van der Waals surface area contributed by atoms with Crippen LogP contribution >= 0.6 is 0 Å². The molecule has 0 bridgehead atoms. The van der Waals surface area contributed by atoms with Crippen molar-refractivity contribution in [3.05, 3.63) is 18.5 Å². The molecule has 1 aromatic heterocycles. The highest BCUT2D eigenvalue weighted by Gasteiger charge is 2.19. The first kappa shape index (κ1) is 17.8. The molecular weight excluding hydrogens is 288 g/mol. The normalized spacial score (nSPS) is 19.7. The standard InChI is InChI=1S/C17H32N6/c1-3-16-8-4-5-12-22(16)15-11-20-17(18-2)19-9-6-13-23-14-7-10-21-23/h7,10,14,16H,3-6,8-9,11-13,15H2,1-2H3,(H2,18,19,20). The molecule has 1 aliphatic heterocycles. The maximum atomic E-state index is 4.30. The Hall–Kier alpha value is -1.56. The molecule has 2 N–H and O–H groups in total. The van der Waals surface area contributed by atoms with Gasteiger partial charge in [-0.15, -0.1) is 0 Å². The Kier molecular flexibility index (Phi) is 7.93. The fourth-order valence-corrected chi connectivity index (χ4v) is 3.24. The van der Waals surface area contributed by atoms with E-state index >= 15 is 0 Å². The van der Waals surface area contributed by atoms with Crippen LogP contribution in [0.3, 0.4) is 0 Å². The summed E-state index contributed by atoms with van der Waals surface area (Å²) in [6, 6.07) is 2.73. The molecule has 2 rings (SSSR count). The first-order chi connectivity index (χ1) is 11.3. The van der Waals surface area contributed by atoms with Crippen molar-refractivity contribution in [2.75, 3.05) is 33.2 Å². The van der Waals surface area contributed by atoms with Crippen LogP contribution in [0.2, 0.25) is 0 Å². The van der Waals surface area contributed by atoms with Crippen molar-refractivity contribution in [1.29, 1.82) is 0 Å². The zero-order valence-electron chi connectivity index (χ0n) is 14.7. The first-order valence-corrected chi connectivity index (χ1v) is 8.99. The van der Waals surface area contributed by atoms with Gasteiger partial charge in [0.25, 0.3) is 0 Å². The lowest BCUT2D eigenvalue weighted by atomic mass is 10.0. The van der Waals surface area contributed by atoms with Gasteiger partial charge in [0.1, 0.15) is 0 Å². The molecule has 2 heterocycles. The van der Waals surface area contributed by atoms with E-state index in [1.165, 1.54) is 32.2 Å². The predicted molar refractivity (Wildman–Crippen MR) is 95.7 cm³/mol. The van der Waals surface area contributed by atoms with E-state index in [4.69, 9.17) is 0 Å². The minimum atomic E-state index is 0.773. The maximum absolute atomic E-state index is 4.30. The smallest absolute Gasteiger partial charge is 0.191 e. The molecule has 1 fully saturated rings. The van der Waals surface area contributed by atoms with Crippen molar-refractivity contribution in [2.45, 2.75) is 51.6 Å². The van der Waals surface area contributed by atoms with Crippen LogP contribution in [0, 0.1) is 0 Å². The SMILES string of the molecule is CCC1CCCCN1CCNC(=NC)NCCCn1cccn1. The van der Waals surface area contributed by atoms with E-state index in [2.05, 4.69) is 32.5 Å². The van der Waals surface area contributed by atoms with Gasteiger partial charge in [0.2, 0.25) is 0 Å². The molecule has 1 aromatic rings. The van der Waals surface area contributed by atoms with Gasteiger partial charge in [-0.3, -0.25) is 14.6 Å². The molecule has 130 valence electrons. The molecule has 0 spiro atoms. The van der Waals surface area contributed by atoms with Crippen molar-refractivity contribution in [3.8, 4) is 0 Å². The van der Waals surface area contributed by atoms with Gasteiger partial charge in [-0.25, -0.2) is 0 Å². The zero-order chi connectivity index (χ0) is 16.3. The molecule has 1 saturated heterocycles. The average molecular weight is 320 g/mol. The van der Waals surface area contributed by atoms with Gasteiger partial charge in [0.05, 0.1) is 0 Å². The summed E-state index contributed by atoms with van der Waals surface area (Å²) in [7, 11) is 1.83. The van der Waals surface area contributed by atoms with E-state index < -0.39 is 0 Å². The minimum absolute atomic E-state index is 0.773. The van der Waals surface area contributed by atoms with Gasteiger partial charge in [0, 0.05) is 51.7 Å². The van der Waals surface area contributed by atoms with Crippen LogP contribution in [-0.2, 0) is 6.54 Å². The fraction of sp³-hybridized carbons (Fsp3) is 0.765. The van der Waals surface area contributed by atoms with Gasteiger partial charge >= 0.3 is 0 Å². The van der Waals surface area contributed by atoms with Crippen LogP contribution < -0.4 is 10.6 Å². The third-order valence-electron chi connectivity index (χ3n) is 4.55. The number of rotatable bonds is 8. The van der Waals surface area contributed by atoms with Crippen molar-refractivity contribution in [1.82, 2.24) is 25.3 Å². The topological polar surface area (TPSA) is 57.5 Å². The van der Waals surface area contributed by atoms with E-state index in [0.29, 0.717) is 0 Å². The Bertz CT molecular complexity index is 442. The molecule has 0 amide bonds. The number of aliphatic imine (C=N–C) groups is 1. The third kappa shape index (κ3) is 6.22. The Morgan fingerprint density at radius 3 is 2.87 bits per heavy atom. The van der Waals surface area contributed by atoms with Crippen molar-refractivity contribution < 1.29 is 0 Å². The van der Waals surface area contributed by atoms with Crippen molar-refractivity contribution in [3.63, 3.8) is 0 Å². The fourth-order valence-electron chi connectivity index (χ4n) is 3.24. The molecule has 0 saturated carbocycles. The molecule has 1 atom stereocenters. The zero-order valence-corrected chi connectivity index (χ0v) is 14.7. The van der Waals surface area contributed by atoms with Crippen LogP contribution in [-0.4, -0.2) is 59.9 Å². The lowest BCUT2D eigenvalue weighted by Gasteiger charge is -2.35. The second-order valence-electron chi connectivity index (χ2n) is 6.14. The van der Waals surface area contributed by atoms with Crippen molar-refractivity contribution >= 4 is 5.96 Å². The number of nitrogens with zero attached hydrogens (tertiary/aromatic N) is 4. The molecule has 23 heavy (non-hydrogen) atoms. The summed E-state index contributed by atoms with van der Waals surface area (Å²) < 4.78 is 1.96. The monoisotopic (exact) mass is 320 g/mol. The number of aryl methyl sites for hydroxylation is 1. The van der Waals surface area contributed by atoms with Gasteiger partial charge in [-0.1, -0.05) is 13.3 Å². The van der Waals surface area contributed by atoms with E-state index in [0.717, 1.165) is 44.6 Å². The van der Waals surface area contributed by atoms with Crippen LogP contribution in [0.25, 0.3) is 0 Å². The van der Waals surface area contributed by atoms with E-state index in [1.54, 1.807) is 0 Å². The number of hydrogen-bond donors (Lipinski definition) is 2. The van der Waals surface area contributed by atoms with Gasteiger partial charge in [-0.2, -0.15) is 5.10 Å². The number of guanidine groups is 1. The first-order valence-electron chi connectivity index (χ1n) is 8.99. The van der Waals surface area contributed by atoms with E-state index in [-0.39, 0.29) is 0 Å². The van der Waals surface area contributed by atoms with Crippen LogP contribution in [0.15, 0.2) is 23.5 Å². The van der Waals surface area contributed by atoms with Crippen molar-refractivity contribution in [2.24, 2.45) is 4.99 Å². The Morgan fingerprint density at radius 1 is 1.26 bits per heavy atom. The molecular formula is C17H32N6. The molecule has 6 heteroatoms. The molecule has 1 aliphatic rings. The Balaban J connectivity index is 1.59. The van der Waals surface area contributed by atoms with Crippen LogP contribution in [0.4, 0.5) is 0 Å². The summed E-state index contributed by atoms with van der Waals surface area (Å²) in [4.78, 5) is 6.92. The molecule has 0 radical (unpaired) electrons. The second kappa shape index (κ2) is 10.3. The Labute approximate surface area is 140 Å². The highest BCUT2D eigenvalue weighted by Crippen LogP contribution is 2.18. The second-order valence-corrected chi connectivity index (χ2v) is 6.14. The predicted octanol–water partition coefficient (Wildman–Crippen LogP) is 1.70. The van der Waals surface area contributed by atoms with E-state index in [9.17, 15) is 0 Å². The molecule has 0 aromatic carbocycles. The molecule has 0 aliphatic carbocycles. The quantitative estimate of drug-likeness (QED) is 0.435. The van der Waals surface area contributed by atoms with Gasteiger partial charge in [0.15, 0.2) is 5.96 Å². The number of hydrogen-bond acceptors (Lipinski definition) is 3. The Morgan fingerprint density at radius 2 is 2.13 bits per heavy atom. The summed E-state index contributed by atoms with van der Waals surface area (Å²) >= 11 is 0. The average Bonchev–Trinajstić information content (AvgIpc) is 3.10. The van der Waals surface area contributed by atoms with Gasteiger partial charge in [-0.05, 0) is 38.3 Å². The molecule has 1 unspecified atom stereocenters. The van der Waals surface area contributed by atoms with E-state index in [1.807, 2.05) is 30.2 Å². The van der Waals surface area contributed by atoms with Crippen LogP contribution in [0.1, 0.15) is 39.0 Å².